The Bertz CT molecular complexity index is 767. The highest BCUT2D eigenvalue weighted by Crippen LogP contribution is 2.68. The van der Waals surface area contributed by atoms with Crippen molar-refractivity contribution in [1.82, 2.24) is 0 Å². The first kappa shape index (κ1) is 20.8. The van der Waals surface area contributed by atoms with E-state index in [-0.39, 0.29) is 28.4 Å². The fraction of sp³-hybridized carbons (Fsp3) is 0.800. The van der Waals surface area contributed by atoms with Gasteiger partial charge in [-0.1, -0.05) is 33.3 Å². The van der Waals surface area contributed by atoms with Crippen molar-refractivity contribution in [3.05, 3.63) is 11.6 Å². The fourth-order valence-corrected chi connectivity index (χ4v) is 7.79. The molecule has 4 heteroatoms. The Morgan fingerprint density at radius 3 is 2.41 bits per heavy atom. The first-order valence-corrected chi connectivity index (χ1v) is 11.7. The summed E-state index contributed by atoms with van der Waals surface area (Å²) in [7, 11) is 0. The van der Waals surface area contributed by atoms with Gasteiger partial charge in [-0.15, -0.1) is 0 Å². The average molecular weight is 401 g/mol. The Morgan fingerprint density at radius 2 is 1.72 bits per heavy atom. The molecule has 0 N–H and O–H groups in total. The van der Waals surface area contributed by atoms with Crippen LogP contribution < -0.4 is 0 Å². The topological polar surface area (TPSA) is 60.4 Å². The lowest BCUT2D eigenvalue weighted by molar-refractivity contribution is -0.189. The Kier molecular flexibility index (Phi) is 5.07. The molecular formula is C25H36O4. The molecule has 6 atom stereocenters. The van der Waals surface area contributed by atoms with Gasteiger partial charge in [-0.2, -0.15) is 0 Å². The van der Waals surface area contributed by atoms with Gasteiger partial charge in [0.05, 0.1) is 0 Å². The van der Waals surface area contributed by atoms with Gasteiger partial charge in [0.1, 0.15) is 0 Å². The second-order valence-corrected chi connectivity index (χ2v) is 10.4. The third kappa shape index (κ3) is 2.80. The number of ether oxygens (including phenoxy) is 1. The number of hydrogen-bond donors (Lipinski definition) is 0. The molecule has 0 bridgehead atoms. The van der Waals surface area contributed by atoms with E-state index in [0.29, 0.717) is 43.4 Å². The lowest BCUT2D eigenvalue weighted by Gasteiger charge is -2.59. The van der Waals surface area contributed by atoms with E-state index in [1.165, 1.54) is 5.57 Å². The summed E-state index contributed by atoms with van der Waals surface area (Å²) < 4.78 is 6.05. The Balaban J connectivity index is 1.69. The van der Waals surface area contributed by atoms with Crippen molar-refractivity contribution in [3.8, 4) is 0 Å². The molecule has 0 aromatic heterocycles. The second kappa shape index (κ2) is 7.06. The summed E-state index contributed by atoms with van der Waals surface area (Å²) in [5.74, 6) is 1.68. The molecule has 1 unspecified atom stereocenters. The van der Waals surface area contributed by atoms with Crippen LogP contribution in [0.4, 0.5) is 0 Å². The third-order valence-corrected chi connectivity index (χ3v) is 9.43. The van der Waals surface area contributed by atoms with Gasteiger partial charge in [0.25, 0.3) is 0 Å². The molecule has 0 aliphatic heterocycles. The van der Waals surface area contributed by atoms with E-state index in [1.807, 2.05) is 13.0 Å². The van der Waals surface area contributed by atoms with Crippen molar-refractivity contribution in [1.29, 1.82) is 0 Å². The molecule has 0 amide bonds. The Morgan fingerprint density at radius 1 is 1.00 bits per heavy atom. The number of esters is 1. The summed E-state index contributed by atoms with van der Waals surface area (Å²) >= 11 is 0. The van der Waals surface area contributed by atoms with Gasteiger partial charge in [-0.25, -0.2) is 0 Å². The Hall–Kier alpha value is -1.45. The third-order valence-electron chi connectivity index (χ3n) is 9.43. The summed E-state index contributed by atoms with van der Waals surface area (Å²) in [5, 5.41) is 0. The summed E-state index contributed by atoms with van der Waals surface area (Å²) in [6, 6.07) is 0. The van der Waals surface area contributed by atoms with Crippen LogP contribution in [0.15, 0.2) is 11.6 Å². The van der Waals surface area contributed by atoms with Crippen LogP contribution in [-0.2, 0) is 19.1 Å². The molecule has 0 heterocycles. The molecule has 160 valence electrons. The average Bonchev–Trinajstić information content (AvgIpc) is 3.01. The molecule has 0 radical (unpaired) electrons. The maximum absolute atomic E-state index is 13.2. The molecule has 4 rings (SSSR count). The zero-order valence-corrected chi connectivity index (χ0v) is 18.5. The molecule has 4 nitrogen and oxygen atoms in total. The highest BCUT2D eigenvalue weighted by molar-refractivity contribution is 5.92. The molecule has 3 saturated carbocycles. The highest BCUT2D eigenvalue weighted by atomic mass is 16.6. The second-order valence-electron chi connectivity index (χ2n) is 10.4. The molecule has 0 saturated heterocycles. The van der Waals surface area contributed by atoms with Gasteiger partial charge in [-0.05, 0) is 74.2 Å². The number of hydrogen-bond acceptors (Lipinski definition) is 4. The molecular weight excluding hydrogens is 364 g/mol. The first-order valence-electron chi connectivity index (χ1n) is 11.7. The lowest BCUT2D eigenvalue weighted by atomic mass is 9.46. The highest BCUT2D eigenvalue weighted by Gasteiger charge is 2.68. The van der Waals surface area contributed by atoms with Crippen molar-refractivity contribution < 1.29 is 19.1 Å². The van der Waals surface area contributed by atoms with Crippen LogP contribution in [0.25, 0.3) is 0 Å². The molecule has 3 fully saturated rings. The van der Waals surface area contributed by atoms with Crippen LogP contribution in [0.5, 0.6) is 0 Å². The van der Waals surface area contributed by atoms with E-state index in [1.54, 1.807) is 6.92 Å². The van der Waals surface area contributed by atoms with E-state index < -0.39 is 5.60 Å². The smallest absolute Gasteiger partial charge is 0.306 e. The number of Topliss-reactive ketones (excluding diaryl/α,β-unsaturated/α-hetero) is 1. The lowest BCUT2D eigenvalue weighted by Crippen LogP contribution is -2.59. The largest absolute Gasteiger partial charge is 0.450 e. The van der Waals surface area contributed by atoms with Gasteiger partial charge < -0.3 is 4.74 Å². The number of allylic oxidation sites excluding steroid dienone is 1. The molecule has 4 aliphatic rings. The van der Waals surface area contributed by atoms with E-state index >= 15 is 0 Å². The van der Waals surface area contributed by atoms with Crippen LogP contribution in [0.3, 0.4) is 0 Å². The monoisotopic (exact) mass is 400 g/mol. The van der Waals surface area contributed by atoms with E-state index in [4.69, 9.17) is 4.74 Å². The number of carbonyl (C=O) groups excluding carboxylic acids is 3. The summed E-state index contributed by atoms with van der Waals surface area (Å²) in [4.78, 5) is 37.6. The quantitative estimate of drug-likeness (QED) is 0.609. The van der Waals surface area contributed by atoms with Crippen LogP contribution in [0.1, 0.15) is 91.9 Å². The summed E-state index contributed by atoms with van der Waals surface area (Å²) in [6.45, 7) is 8.30. The van der Waals surface area contributed by atoms with Crippen molar-refractivity contribution in [2.45, 2.75) is 97.5 Å². The molecule has 0 aromatic rings. The summed E-state index contributed by atoms with van der Waals surface area (Å²) in [5.41, 5.74) is 0.279. The molecule has 0 aromatic carbocycles. The van der Waals surface area contributed by atoms with Gasteiger partial charge in [-0.3, -0.25) is 14.4 Å². The maximum atomic E-state index is 13.2. The fourth-order valence-electron chi connectivity index (χ4n) is 7.79. The normalized spacial score (nSPS) is 43.7. The van der Waals surface area contributed by atoms with Gasteiger partial charge in [0, 0.05) is 24.7 Å². The van der Waals surface area contributed by atoms with Gasteiger partial charge >= 0.3 is 5.97 Å². The van der Waals surface area contributed by atoms with Crippen molar-refractivity contribution in [2.24, 2.45) is 28.6 Å². The van der Waals surface area contributed by atoms with Crippen molar-refractivity contribution in [3.63, 3.8) is 0 Å². The zero-order valence-electron chi connectivity index (χ0n) is 18.5. The van der Waals surface area contributed by atoms with Crippen LogP contribution in [0.2, 0.25) is 0 Å². The minimum Gasteiger partial charge on any atom is -0.450 e. The standard InChI is InChI=1S/C25H36O4/c1-5-21(27)25(29-22(28)6-2)14-11-20-18-8-7-16-15-17(26)9-12-23(16,3)19(18)10-13-24(20,25)4/h15,18-20H,5-14H2,1-4H3/t18-,19-,20+,23+,24+,25?/m1/s1. The van der Waals surface area contributed by atoms with Crippen molar-refractivity contribution >= 4 is 17.5 Å². The minimum atomic E-state index is -0.940. The summed E-state index contributed by atoms with van der Waals surface area (Å²) in [6.07, 6.45) is 10.0. The SMILES string of the molecule is CCC(=O)OC1(C(=O)CC)CC[C@H]2[C@@H]3CCC4=CC(=O)CC[C@]4(C)[C@@H]3CC[C@@]21C. The first-order chi connectivity index (χ1) is 13.7. The van der Waals surface area contributed by atoms with E-state index in [2.05, 4.69) is 13.8 Å². The van der Waals surface area contributed by atoms with Gasteiger partial charge in [0.15, 0.2) is 17.2 Å². The van der Waals surface area contributed by atoms with Crippen molar-refractivity contribution in [2.75, 3.05) is 0 Å². The molecule has 29 heavy (non-hydrogen) atoms. The van der Waals surface area contributed by atoms with Crippen LogP contribution in [0, 0.1) is 28.6 Å². The Labute approximate surface area is 174 Å². The van der Waals surface area contributed by atoms with Gasteiger partial charge in [0.2, 0.25) is 0 Å². The minimum absolute atomic E-state index is 0.105. The number of fused-ring (bicyclic) bond motifs is 5. The van der Waals surface area contributed by atoms with Crippen LogP contribution in [-0.4, -0.2) is 23.1 Å². The van der Waals surface area contributed by atoms with Crippen LogP contribution >= 0.6 is 0 Å². The predicted octanol–water partition coefficient (Wildman–Crippen LogP) is 5.19. The van der Waals surface area contributed by atoms with E-state index in [9.17, 15) is 14.4 Å². The number of ketones is 2. The molecule has 4 aliphatic carbocycles. The zero-order chi connectivity index (χ0) is 21.0. The van der Waals surface area contributed by atoms with E-state index in [0.717, 1.165) is 38.5 Å². The number of rotatable bonds is 4. The molecule has 0 spiro atoms. The predicted molar refractivity (Wildman–Crippen MR) is 111 cm³/mol. The number of carbonyl (C=O) groups is 3. The maximum Gasteiger partial charge on any atom is 0.306 e.